The zero-order chi connectivity index (χ0) is 20.0. The number of carbonyl (C=O) groups excluding carboxylic acids is 2. The van der Waals surface area contributed by atoms with Gasteiger partial charge in [-0.3, -0.25) is 19.7 Å². The molecule has 0 spiro atoms. The molecule has 0 saturated carbocycles. The highest BCUT2D eigenvalue weighted by Gasteiger charge is 2.20. The minimum absolute atomic E-state index is 0.0428. The quantitative estimate of drug-likeness (QED) is 0.327. The third-order valence-corrected chi connectivity index (χ3v) is 4.50. The average Bonchev–Trinajstić information content (AvgIpc) is 2.66. The molecule has 2 aromatic carbocycles. The number of hydrogen-bond acceptors (Lipinski definition) is 5. The number of hydrogen-bond donors (Lipinski definition) is 2. The summed E-state index contributed by atoms with van der Waals surface area (Å²) in [4.78, 5) is 35.4. The number of nitrogens with zero attached hydrogens (tertiary/aromatic N) is 1. The Kier molecular flexibility index (Phi) is 6.89. The fourth-order valence-electron chi connectivity index (χ4n) is 2.27. The summed E-state index contributed by atoms with van der Waals surface area (Å²) in [6.45, 7) is 1.76. The number of nitro benzene ring substituents is 1. The van der Waals surface area contributed by atoms with Crippen LogP contribution in [0, 0.1) is 22.9 Å². The molecule has 2 amide bonds. The Bertz CT molecular complexity index is 889. The molecule has 0 atom stereocenters. The number of benzene rings is 2. The van der Waals surface area contributed by atoms with E-state index in [-0.39, 0.29) is 29.9 Å². The highest BCUT2D eigenvalue weighted by Crippen LogP contribution is 2.24. The van der Waals surface area contributed by atoms with E-state index in [2.05, 4.69) is 10.6 Å². The summed E-state index contributed by atoms with van der Waals surface area (Å²) < 4.78 is 13.5. The molecule has 2 N–H and O–H groups in total. The summed E-state index contributed by atoms with van der Waals surface area (Å²) in [6, 6.07) is 8.45. The first kappa shape index (κ1) is 20.4. The van der Waals surface area contributed by atoms with Gasteiger partial charge in [0.15, 0.2) is 0 Å². The molecule has 0 radical (unpaired) electrons. The number of halogens is 1. The van der Waals surface area contributed by atoms with Gasteiger partial charge in [-0.1, -0.05) is 6.07 Å². The summed E-state index contributed by atoms with van der Waals surface area (Å²) >= 11 is 1.36. The number of amides is 2. The Labute approximate surface area is 159 Å². The van der Waals surface area contributed by atoms with Gasteiger partial charge in [0, 0.05) is 29.6 Å². The lowest BCUT2D eigenvalue weighted by Gasteiger charge is -2.09. The van der Waals surface area contributed by atoms with Crippen LogP contribution in [0.4, 0.5) is 10.1 Å². The van der Waals surface area contributed by atoms with E-state index in [0.717, 1.165) is 11.0 Å². The molecule has 0 bridgehead atoms. The van der Waals surface area contributed by atoms with E-state index in [1.807, 2.05) is 0 Å². The lowest BCUT2D eigenvalue weighted by molar-refractivity contribution is -0.385. The molecular weight excluding hydrogens is 373 g/mol. The second kappa shape index (κ2) is 9.13. The third kappa shape index (κ3) is 5.27. The van der Waals surface area contributed by atoms with Crippen molar-refractivity contribution in [3.05, 3.63) is 69.0 Å². The molecule has 0 aliphatic rings. The highest BCUT2D eigenvalue weighted by atomic mass is 32.2. The van der Waals surface area contributed by atoms with Gasteiger partial charge in [0.2, 0.25) is 0 Å². The van der Waals surface area contributed by atoms with Crippen molar-refractivity contribution in [1.82, 2.24) is 10.6 Å². The number of carbonyl (C=O) groups is 2. The molecule has 7 nitrogen and oxygen atoms in total. The number of nitrogens with one attached hydrogen (secondary N) is 2. The van der Waals surface area contributed by atoms with E-state index in [1.54, 1.807) is 19.2 Å². The third-order valence-electron chi connectivity index (χ3n) is 3.78. The van der Waals surface area contributed by atoms with Crippen LogP contribution in [0.2, 0.25) is 0 Å². The van der Waals surface area contributed by atoms with Gasteiger partial charge in [-0.05, 0) is 43.0 Å². The average molecular weight is 391 g/mol. The largest absolute Gasteiger partial charge is 0.350 e. The van der Waals surface area contributed by atoms with Gasteiger partial charge in [0.1, 0.15) is 11.4 Å². The van der Waals surface area contributed by atoms with Crippen molar-refractivity contribution in [2.45, 2.75) is 11.8 Å². The Hall–Kier alpha value is -2.94. The highest BCUT2D eigenvalue weighted by molar-refractivity contribution is 7.98. The first-order valence-electron chi connectivity index (χ1n) is 7.98. The zero-order valence-electron chi connectivity index (χ0n) is 14.7. The van der Waals surface area contributed by atoms with Gasteiger partial charge in [-0.2, -0.15) is 0 Å². The van der Waals surface area contributed by atoms with E-state index in [4.69, 9.17) is 0 Å². The minimum Gasteiger partial charge on any atom is -0.350 e. The van der Waals surface area contributed by atoms with Crippen LogP contribution in [0.5, 0.6) is 0 Å². The lowest BCUT2D eigenvalue weighted by Crippen LogP contribution is -2.35. The van der Waals surface area contributed by atoms with E-state index in [1.165, 1.54) is 36.0 Å². The molecule has 142 valence electrons. The standard InChI is InChI=1S/C18H18FN3O4S/c1-11-3-4-12(9-15(11)19)17(23)20-7-8-21-18(24)14-10-13(27-2)5-6-16(14)22(25)26/h3-6,9-10H,7-8H2,1-2H3,(H,20,23)(H,21,24). The van der Waals surface area contributed by atoms with Gasteiger partial charge in [0.25, 0.3) is 17.5 Å². The monoisotopic (exact) mass is 391 g/mol. The van der Waals surface area contributed by atoms with Crippen LogP contribution in [0.25, 0.3) is 0 Å². The summed E-state index contributed by atoms with van der Waals surface area (Å²) in [7, 11) is 0. The SMILES string of the molecule is CSc1ccc([N+](=O)[O-])c(C(=O)NCCNC(=O)c2ccc(C)c(F)c2)c1. The summed E-state index contributed by atoms with van der Waals surface area (Å²) in [5, 5.41) is 16.2. The Morgan fingerprint density at radius 2 is 1.78 bits per heavy atom. The second-order valence-electron chi connectivity index (χ2n) is 5.62. The van der Waals surface area contributed by atoms with Crippen molar-refractivity contribution < 1.29 is 18.9 Å². The topological polar surface area (TPSA) is 101 Å². The smallest absolute Gasteiger partial charge is 0.282 e. The van der Waals surface area contributed by atoms with Crippen molar-refractivity contribution in [3.63, 3.8) is 0 Å². The van der Waals surface area contributed by atoms with Gasteiger partial charge >= 0.3 is 0 Å². The van der Waals surface area contributed by atoms with E-state index in [0.29, 0.717) is 5.56 Å². The number of nitro groups is 1. The summed E-state index contributed by atoms with van der Waals surface area (Å²) in [5.74, 6) is -1.55. The van der Waals surface area contributed by atoms with Crippen molar-refractivity contribution in [2.75, 3.05) is 19.3 Å². The fraction of sp³-hybridized carbons (Fsp3) is 0.222. The number of thioether (sulfide) groups is 1. The number of aryl methyl sites for hydroxylation is 1. The fourth-order valence-corrected chi connectivity index (χ4v) is 2.71. The van der Waals surface area contributed by atoms with E-state index in [9.17, 15) is 24.1 Å². The van der Waals surface area contributed by atoms with Crippen molar-refractivity contribution >= 4 is 29.3 Å². The summed E-state index contributed by atoms with van der Waals surface area (Å²) in [6.07, 6.45) is 1.80. The second-order valence-corrected chi connectivity index (χ2v) is 6.50. The molecule has 0 fully saturated rings. The lowest BCUT2D eigenvalue weighted by atomic mass is 10.1. The van der Waals surface area contributed by atoms with Crippen LogP contribution >= 0.6 is 11.8 Å². The molecule has 0 saturated heterocycles. The molecular formula is C18H18FN3O4S. The predicted octanol–water partition coefficient (Wildman–Crippen LogP) is 2.92. The van der Waals surface area contributed by atoms with Crippen LogP contribution in [-0.2, 0) is 0 Å². The number of rotatable bonds is 7. The van der Waals surface area contributed by atoms with Gasteiger partial charge < -0.3 is 10.6 Å². The molecule has 2 rings (SSSR count). The molecule has 0 aliphatic carbocycles. The molecule has 2 aromatic rings. The van der Waals surface area contributed by atoms with Crippen LogP contribution < -0.4 is 10.6 Å². The first-order chi connectivity index (χ1) is 12.8. The summed E-state index contributed by atoms with van der Waals surface area (Å²) in [5.41, 5.74) is 0.281. The molecule has 27 heavy (non-hydrogen) atoms. The van der Waals surface area contributed by atoms with Crippen molar-refractivity contribution in [1.29, 1.82) is 0 Å². The normalized spacial score (nSPS) is 10.3. The minimum atomic E-state index is -0.618. The zero-order valence-corrected chi connectivity index (χ0v) is 15.6. The predicted molar refractivity (Wildman–Crippen MR) is 101 cm³/mol. The van der Waals surface area contributed by atoms with Crippen LogP contribution in [0.1, 0.15) is 26.3 Å². The Morgan fingerprint density at radius 3 is 2.37 bits per heavy atom. The van der Waals surface area contributed by atoms with Crippen molar-refractivity contribution in [2.24, 2.45) is 0 Å². The van der Waals surface area contributed by atoms with Crippen LogP contribution in [0.3, 0.4) is 0 Å². The van der Waals surface area contributed by atoms with Gasteiger partial charge in [-0.15, -0.1) is 11.8 Å². The van der Waals surface area contributed by atoms with Gasteiger partial charge in [-0.25, -0.2) is 4.39 Å². The molecule has 0 unspecified atom stereocenters. The maximum absolute atomic E-state index is 13.5. The van der Waals surface area contributed by atoms with Gasteiger partial charge in [0.05, 0.1) is 4.92 Å². The maximum Gasteiger partial charge on any atom is 0.282 e. The molecule has 9 heteroatoms. The van der Waals surface area contributed by atoms with Crippen molar-refractivity contribution in [3.8, 4) is 0 Å². The Balaban J connectivity index is 1.93. The maximum atomic E-state index is 13.5. The van der Waals surface area contributed by atoms with E-state index >= 15 is 0 Å². The van der Waals surface area contributed by atoms with E-state index < -0.39 is 22.6 Å². The first-order valence-corrected chi connectivity index (χ1v) is 9.21. The Morgan fingerprint density at radius 1 is 1.11 bits per heavy atom. The molecule has 0 aromatic heterocycles. The van der Waals surface area contributed by atoms with Crippen LogP contribution in [-0.4, -0.2) is 36.1 Å². The molecule has 0 aliphatic heterocycles. The molecule has 0 heterocycles. The van der Waals surface area contributed by atoms with Crippen LogP contribution in [0.15, 0.2) is 41.3 Å².